The van der Waals surface area contributed by atoms with Crippen molar-refractivity contribution in [1.29, 1.82) is 0 Å². The van der Waals surface area contributed by atoms with E-state index < -0.39 is 5.97 Å². The molecule has 0 aromatic heterocycles. The second-order valence-corrected chi connectivity index (χ2v) is 5.67. The lowest BCUT2D eigenvalue weighted by Crippen LogP contribution is -1.94. The van der Waals surface area contributed by atoms with Crippen LogP contribution in [0, 0.1) is 0 Å². The van der Waals surface area contributed by atoms with Crippen LogP contribution in [-0.4, -0.2) is 17.2 Å². The molecule has 0 amide bonds. The van der Waals surface area contributed by atoms with E-state index in [4.69, 9.17) is 14.7 Å². The van der Waals surface area contributed by atoms with E-state index in [9.17, 15) is 4.79 Å². The lowest BCUT2D eigenvalue weighted by atomic mass is 10.2. The fourth-order valence-corrected chi connectivity index (χ4v) is 3.18. The summed E-state index contributed by atoms with van der Waals surface area (Å²) >= 11 is 0. The first-order valence-electron chi connectivity index (χ1n) is 5.39. The van der Waals surface area contributed by atoms with E-state index in [2.05, 4.69) is 0 Å². The smallest absolute Gasteiger partial charge is 0.373 e. The standard InChI is InChI=1S/C13H10O2S2.CO2/c14-13(15)10-6-8-12(9-7-10)17-16-11-4-2-1-3-5-11;2-1-3/h1-9H,(H,14,15);. The minimum absolute atomic E-state index is 0.250. The summed E-state index contributed by atoms with van der Waals surface area (Å²) in [6.07, 6.45) is 0.250. The zero-order valence-electron chi connectivity index (χ0n) is 10.2. The zero-order valence-corrected chi connectivity index (χ0v) is 11.8. The number of rotatable bonds is 4. The Kier molecular flexibility index (Phi) is 7.21. The average Bonchev–Trinajstić information content (AvgIpc) is 2.47. The van der Waals surface area contributed by atoms with E-state index in [1.165, 1.54) is 4.90 Å². The number of carbonyl (C=O) groups is 1. The van der Waals surface area contributed by atoms with Gasteiger partial charge in [-0.05, 0) is 36.4 Å². The Morgan fingerprint density at radius 2 is 1.30 bits per heavy atom. The summed E-state index contributed by atoms with van der Waals surface area (Å²) in [7, 11) is 3.27. The Morgan fingerprint density at radius 3 is 1.75 bits per heavy atom. The van der Waals surface area contributed by atoms with E-state index in [1.807, 2.05) is 42.5 Å². The summed E-state index contributed by atoms with van der Waals surface area (Å²) in [4.78, 5) is 29.2. The van der Waals surface area contributed by atoms with Crippen molar-refractivity contribution in [2.45, 2.75) is 9.79 Å². The van der Waals surface area contributed by atoms with Gasteiger partial charge in [0.2, 0.25) is 0 Å². The predicted octanol–water partition coefficient (Wildman–Crippen LogP) is 3.60. The quantitative estimate of drug-likeness (QED) is 0.870. The van der Waals surface area contributed by atoms with Crippen molar-refractivity contribution in [3.63, 3.8) is 0 Å². The Balaban J connectivity index is 0.000000612. The number of carboxylic acid groups (broad SMARTS) is 1. The van der Waals surface area contributed by atoms with E-state index in [1.54, 1.807) is 33.7 Å². The van der Waals surface area contributed by atoms with Gasteiger partial charge in [0.15, 0.2) is 0 Å². The molecule has 4 nitrogen and oxygen atoms in total. The van der Waals surface area contributed by atoms with E-state index >= 15 is 0 Å². The van der Waals surface area contributed by atoms with Gasteiger partial charge in [0.25, 0.3) is 0 Å². The summed E-state index contributed by atoms with van der Waals surface area (Å²) in [5.41, 5.74) is 0.319. The largest absolute Gasteiger partial charge is 0.478 e. The van der Waals surface area contributed by atoms with Gasteiger partial charge >= 0.3 is 12.1 Å². The summed E-state index contributed by atoms with van der Waals surface area (Å²) in [6.45, 7) is 0. The van der Waals surface area contributed by atoms with Gasteiger partial charge in [-0.3, -0.25) is 0 Å². The monoisotopic (exact) mass is 306 g/mol. The molecule has 0 radical (unpaired) electrons. The molecule has 0 atom stereocenters. The van der Waals surface area contributed by atoms with Crippen LogP contribution in [0.5, 0.6) is 0 Å². The first-order valence-corrected chi connectivity index (χ1v) is 7.54. The Hall–Kier alpha value is -2.01. The summed E-state index contributed by atoms with van der Waals surface area (Å²) in [5.74, 6) is -0.891. The number of carbonyl (C=O) groups excluding carboxylic acids is 2. The van der Waals surface area contributed by atoms with Crippen molar-refractivity contribution >= 4 is 33.7 Å². The number of hydrogen-bond acceptors (Lipinski definition) is 5. The molecule has 2 aromatic rings. The van der Waals surface area contributed by atoms with Gasteiger partial charge in [0.1, 0.15) is 0 Å². The molecule has 0 spiro atoms. The number of hydrogen-bond donors (Lipinski definition) is 1. The van der Waals surface area contributed by atoms with E-state index in [0.717, 1.165) is 4.90 Å². The molecule has 0 bridgehead atoms. The van der Waals surface area contributed by atoms with Crippen molar-refractivity contribution < 1.29 is 19.5 Å². The van der Waals surface area contributed by atoms with Crippen molar-refractivity contribution in [3.8, 4) is 0 Å². The molecule has 2 aromatic carbocycles. The molecule has 0 aliphatic heterocycles. The predicted molar refractivity (Wildman–Crippen MR) is 76.6 cm³/mol. The molecular weight excluding hydrogens is 296 g/mol. The average molecular weight is 306 g/mol. The van der Waals surface area contributed by atoms with Gasteiger partial charge in [0.05, 0.1) is 5.56 Å². The van der Waals surface area contributed by atoms with Crippen molar-refractivity contribution in [2.24, 2.45) is 0 Å². The van der Waals surface area contributed by atoms with E-state index in [-0.39, 0.29) is 6.15 Å². The highest BCUT2D eigenvalue weighted by Gasteiger charge is 2.02. The maximum atomic E-state index is 10.7. The fourth-order valence-electron chi connectivity index (χ4n) is 1.23. The molecule has 2 rings (SSSR count). The minimum Gasteiger partial charge on any atom is -0.478 e. The maximum absolute atomic E-state index is 10.7. The van der Waals surface area contributed by atoms with Gasteiger partial charge in [-0.15, -0.1) is 0 Å². The highest BCUT2D eigenvalue weighted by atomic mass is 33.1. The van der Waals surface area contributed by atoms with Crippen molar-refractivity contribution in [3.05, 3.63) is 60.2 Å². The summed E-state index contributed by atoms with van der Waals surface area (Å²) in [5, 5.41) is 8.77. The molecule has 6 heteroatoms. The Morgan fingerprint density at radius 1 is 0.850 bits per heavy atom. The molecular formula is C14H10O4S2. The first-order chi connectivity index (χ1) is 9.67. The fraction of sp³-hybridized carbons (Fsp3) is 0. The third-order valence-corrected chi connectivity index (χ3v) is 4.50. The highest BCUT2D eigenvalue weighted by molar-refractivity contribution is 8.76. The van der Waals surface area contributed by atoms with Crippen molar-refractivity contribution in [2.75, 3.05) is 0 Å². The normalized spacial score (nSPS) is 9.00. The second kappa shape index (κ2) is 8.98. The molecule has 0 fully saturated rings. The summed E-state index contributed by atoms with van der Waals surface area (Å²) < 4.78 is 0. The van der Waals surface area contributed by atoms with E-state index in [0.29, 0.717) is 5.56 Å². The van der Waals surface area contributed by atoms with Gasteiger partial charge < -0.3 is 5.11 Å². The van der Waals surface area contributed by atoms with Gasteiger partial charge in [-0.2, -0.15) is 9.59 Å². The van der Waals surface area contributed by atoms with Crippen LogP contribution in [0.3, 0.4) is 0 Å². The number of benzene rings is 2. The van der Waals surface area contributed by atoms with Gasteiger partial charge in [-0.1, -0.05) is 39.8 Å². The molecule has 0 aliphatic rings. The molecule has 0 aliphatic carbocycles. The maximum Gasteiger partial charge on any atom is 0.373 e. The SMILES string of the molecule is O=C(O)c1ccc(SSc2ccccc2)cc1.O=C=O. The molecule has 1 N–H and O–H groups in total. The lowest BCUT2D eigenvalue weighted by molar-refractivity contribution is -0.191. The third kappa shape index (κ3) is 5.75. The lowest BCUT2D eigenvalue weighted by Gasteiger charge is -2.01. The topological polar surface area (TPSA) is 71.4 Å². The Labute approximate surface area is 123 Å². The third-order valence-electron chi connectivity index (χ3n) is 2.08. The molecule has 20 heavy (non-hydrogen) atoms. The Bertz CT molecular complexity index is 576. The van der Waals surface area contributed by atoms with Crippen LogP contribution in [0.2, 0.25) is 0 Å². The summed E-state index contributed by atoms with van der Waals surface area (Å²) in [6, 6.07) is 17.0. The van der Waals surface area contributed by atoms with Crippen LogP contribution in [0.15, 0.2) is 64.4 Å². The van der Waals surface area contributed by atoms with Gasteiger partial charge in [-0.25, -0.2) is 4.79 Å². The minimum atomic E-state index is -0.891. The van der Waals surface area contributed by atoms with Crippen LogP contribution >= 0.6 is 21.6 Å². The molecule has 0 saturated heterocycles. The van der Waals surface area contributed by atoms with Crippen LogP contribution < -0.4 is 0 Å². The number of aromatic carboxylic acids is 1. The molecule has 102 valence electrons. The molecule has 0 unspecified atom stereocenters. The van der Waals surface area contributed by atoms with Crippen LogP contribution in [0.4, 0.5) is 0 Å². The number of carboxylic acids is 1. The van der Waals surface area contributed by atoms with Crippen LogP contribution in [-0.2, 0) is 9.59 Å². The first kappa shape index (κ1) is 16.0. The second-order valence-electron chi connectivity index (χ2n) is 3.39. The zero-order chi connectivity index (χ0) is 14.8. The molecule has 0 saturated carbocycles. The molecule has 0 heterocycles. The van der Waals surface area contributed by atoms with Crippen LogP contribution in [0.25, 0.3) is 0 Å². The highest BCUT2D eigenvalue weighted by Crippen LogP contribution is 2.36. The van der Waals surface area contributed by atoms with Crippen LogP contribution in [0.1, 0.15) is 10.4 Å². The van der Waals surface area contributed by atoms with Crippen molar-refractivity contribution in [1.82, 2.24) is 0 Å². The van der Waals surface area contributed by atoms with Gasteiger partial charge in [0, 0.05) is 9.79 Å².